The van der Waals surface area contributed by atoms with Crippen LogP contribution in [0.2, 0.25) is 0 Å². The second-order valence-corrected chi connectivity index (χ2v) is 5.23. The molecule has 0 spiro atoms. The summed E-state index contributed by atoms with van der Waals surface area (Å²) >= 11 is 1.60. The number of urea groups is 1. The van der Waals surface area contributed by atoms with Crippen molar-refractivity contribution in [1.82, 2.24) is 5.32 Å². The van der Waals surface area contributed by atoms with Crippen LogP contribution < -0.4 is 10.6 Å². The van der Waals surface area contributed by atoms with Crippen LogP contribution in [0, 0.1) is 0 Å². The number of nitrogens with one attached hydrogen (secondary N) is 2. The van der Waals surface area contributed by atoms with Gasteiger partial charge in [-0.05, 0) is 43.4 Å². The summed E-state index contributed by atoms with van der Waals surface area (Å²) < 4.78 is 4.87. The summed E-state index contributed by atoms with van der Waals surface area (Å²) in [7, 11) is 1.55. The molecular formula is C14H20N2O4S. The molecule has 3 N–H and O–H groups in total. The van der Waals surface area contributed by atoms with Gasteiger partial charge in [0.2, 0.25) is 0 Å². The van der Waals surface area contributed by atoms with Gasteiger partial charge in [0, 0.05) is 24.3 Å². The van der Waals surface area contributed by atoms with Crippen molar-refractivity contribution in [1.29, 1.82) is 0 Å². The Labute approximate surface area is 128 Å². The minimum absolute atomic E-state index is 0.321. The van der Waals surface area contributed by atoms with Crippen LogP contribution in [0.1, 0.15) is 12.8 Å². The lowest BCUT2D eigenvalue weighted by Crippen LogP contribution is -2.43. The Morgan fingerprint density at radius 2 is 2.00 bits per heavy atom. The molecule has 0 saturated carbocycles. The van der Waals surface area contributed by atoms with Crippen molar-refractivity contribution < 1.29 is 19.4 Å². The van der Waals surface area contributed by atoms with Gasteiger partial charge in [-0.25, -0.2) is 9.59 Å². The Bertz CT molecular complexity index is 465. The van der Waals surface area contributed by atoms with Gasteiger partial charge in [-0.1, -0.05) is 0 Å². The number of carboxylic acids is 1. The maximum atomic E-state index is 11.8. The number of ether oxygens (including phenoxy) is 1. The van der Waals surface area contributed by atoms with Crippen LogP contribution in [0.5, 0.6) is 0 Å². The maximum Gasteiger partial charge on any atom is 0.326 e. The molecule has 6 nitrogen and oxygen atoms in total. The third-order valence-electron chi connectivity index (χ3n) is 2.79. The van der Waals surface area contributed by atoms with Crippen LogP contribution >= 0.6 is 11.8 Å². The van der Waals surface area contributed by atoms with E-state index in [0.29, 0.717) is 25.1 Å². The van der Waals surface area contributed by atoms with Crippen molar-refractivity contribution in [3.05, 3.63) is 24.3 Å². The van der Waals surface area contributed by atoms with Crippen LogP contribution in [0.15, 0.2) is 29.2 Å². The fourth-order valence-corrected chi connectivity index (χ4v) is 2.10. The highest BCUT2D eigenvalue weighted by atomic mass is 32.2. The number of carbonyl (C=O) groups is 2. The van der Waals surface area contributed by atoms with Crippen molar-refractivity contribution in [2.45, 2.75) is 23.8 Å². The van der Waals surface area contributed by atoms with E-state index in [2.05, 4.69) is 10.6 Å². The van der Waals surface area contributed by atoms with Gasteiger partial charge in [-0.15, -0.1) is 11.8 Å². The van der Waals surface area contributed by atoms with E-state index in [1.807, 2.05) is 18.4 Å². The highest BCUT2D eigenvalue weighted by Gasteiger charge is 2.19. The Hall–Kier alpha value is -1.73. The fourth-order valence-electron chi connectivity index (χ4n) is 1.69. The van der Waals surface area contributed by atoms with E-state index >= 15 is 0 Å². The number of aliphatic carboxylic acids is 1. The first kappa shape index (κ1) is 17.3. The minimum Gasteiger partial charge on any atom is -0.480 e. The monoisotopic (exact) mass is 312 g/mol. The highest BCUT2D eigenvalue weighted by molar-refractivity contribution is 7.98. The smallest absolute Gasteiger partial charge is 0.326 e. The topological polar surface area (TPSA) is 87.7 Å². The van der Waals surface area contributed by atoms with Gasteiger partial charge in [-0.2, -0.15) is 0 Å². The lowest BCUT2D eigenvalue weighted by atomic mass is 10.1. The second kappa shape index (κ2) is 9.25. The van der Waals surface area contributed by atoms with Crippen molar-refractivity contribution in [2.75, 3.05) is 25.3 Å². The van der Waals surface area contributed by atoms with Crippen molar-refractivity contribution in [3.63, 3.8) is 0 Å². The number of carbonyl (C=O) groups excluding carboxylic acids is 1. The Kier molecular flexibility index (Phi) is 7.63. The summed E-state index contributed by atoms with van der Waals surface area (Å²) in [4.78, 5) is 24.0. The van der Waals surface area contributed by atoms with Gasteiger partial charge in [0.15, 0.2) is 0 Å². The molecule has 1 unspecified atom stereocenters. The van der Waals surface area contributed by atoms with E-state index in [1.54, 1.807) is 31.0 Å². The molecule has 0 heterocycles. The summed E-state index contributed by atoms with van der Waals surface area (Å²) in [6, 6.07) is 5.85. The van der Waals surface area contributed by atoms with Gasteiger partial charge in [-0.3, -0.25) is 0 Å². The lowest BCUT2D eigenvalue weighted by Gasteiger charge is -2.15. The molecule has 7 heteroatoms. The quantitative estimate of drug-likeness (QED) is 0.507. The zero-order valence-corrected chi connectivity index (χ0v) is 12.9. The first-order chi connectivity index (χ1) is 10.1. The molecule has 0 aliphatic carbocycles. The molecule has 0 aliphatic heterocycles. The Morgan fingerprint density at radius 1 is 1.33 bits per heavy atom. The standard InChI is InChI=1S/C14H20N2O4S/c1-20-9-3-4-12(13(17)18)16-14(19)15-10-5-7-11(21-2)8-6-10/h5-8,12H,3-4,9H2,1-2H3,(H,17,18)(H2,15,16,19). The maximum absolute atomic E-state index is 11.8. The molecule has 1 aromatic rings. The third kappa shape index (κ3) is 6.50. The average Bonchev–Trinajstić information content (AvgIpc) is 2.47. The third-order valence-corrected chi connectivity index (χ3v) is 3.54. The summed E-state index contributed by atoms with van der Waals surface area (Å²) in [6.45, 7) is 0.462. The van der Waals surface area contributed by atoms with E-state index in [-0.39, 0.29) is 0 Å². The molecule has 0 bridgehead atoms. The van der Waals surface area contributed by atoms with E-state index in [0.717, 1.165) is 4.90 Å². The number of amides is 2. The lowest BCUT2D eigenvalue weighted by molar-refractivity contribution is -0.139. The molecule has 1 aromatic carbocycles. The molecule has 21 heavy (non-hydrogen) atoms. The minimum atomic E-state index is -1.06. The van der Waals surface area contributed by atoms with Gasteiger partial charge < -0.3 is 20.5 Å². The summed E-state index contributed by atoms with van der Waals surface area (Å²) in [5, 5.41) is 14.1. The van der Waals surface area contributed by atoms with Gasteiger partial charge in [0.05, 0.1) is 0 Å². The Morgan fingerprint density at radius 3 is 2.52 bits per heavy atom. The second-order valence-electron chi connectivity index (χ2n) is 4.35. The SMILES string of the molecule is COCCCC(NC(=O)Nc1ccc(SC)cc1)C(=O)O. The van der Waals surface area contributed by atoms with Crippen LogP contribution in [0.25, 0.3) is 0 Å². The normalized spacial score (nSPS) is 11.7. The van der Waals surface area contributed by atoms with Crippen molar-refractivity contribution in [2.24, 2.45) is 0 Å². The highest BCUT2D eigenvalue weighted by Crippen LogP contribution is 2.17. The van der Waals surface area contributed by atoms with Gasteiger partial charge in [0.1, 0.15) is 6.04 Å². The molecule has 0 radical (unpaired) electrons. The molecule has 0 aliphatic rings. The number of hydrogen-bond donors (Lipinski definition) is 3. The first-order valence-electron chi connectivity index (χ1n) is 6.50. The molecule has 0 saturated heterocycles. The van der Waals surface area contributed by atoms with Crippen LogP contribution in [-0.4, -0.2) is 43.1 Å². The predicted octanol–water partition coefficient (Wildman–Crippen LogP) is 2.41. The van der Waals surface area contributed by atoms with E-state index in [1.165, 1.54) is 0 Å². The molecule has 1 rings (SSSR count). The largest absolute Gasteiger partial charge is 0.480 e. The molecule has 2 amide bonds. The van der Waals surface area contributed by atoms with Crippen molar-refractivity contribution >= 4 is 29.4 Å². The van der Waals surface area contributed by atoms with Crippen molar-refractivity contribution in [3.8, 4) is 0 Å². The number of methoxy groups -OCH3 is 1. The van der Waals surface area contributed by atoms with Crippen LogP contribution in [-0.2, 0) is 9.53 Å². The predicted molar refractivity (Wildman–Crippen MR) is 82.9 cm³/mol. The summed E-state index contributed by atoms with van der Waals surface area (Å²) in [5.74, 6) is -1.06. The van der Waals surface area contributed by atoms with E-state index in [9.17, 15) is 9.59 Å². The molecular weight excluding hydrogens is 292 g/mol. The van der Waals surface area contributed by atoms with Gasteiger partial charge >= 0.3 is 12.0 Å². The zero-order valence-electron chi connectivity index (χ0n) is 12.1. The zero-order chi connectivity index (χ0) is 15.7. The number of thioether (sulfide) groups is 1. The molecule has 0 aromatic heterocycles. The van der Waals surface area contributed by atoms with Crippen LogP contribution in [0.4, 0.5) is 10.5 Å². The number of anilines is 1. The first-order valence-corrected chi connectivity index (χ1v) is 7.72. The van der Waals surface area contributed by atoms with Gasteiger partial charge in [0.25, 0.3) is 0 Å². The number of benzene rings is 1. The molecule has 116 valence electrons. The summed E-state index contributed by atoms with van der Waals surface area (Å²) in [5.41, 5.74) is 0.617. The molecule has 1 atom stereocenters. The molecule has 0 fully saturated rings. The fraction of sp³-hybridized carbons (Fsp3) is 0.429. The Balaban J connectivity index is 2.50. The number of hydrogen-bond acceptors (Lipinski definition) is 4. The summed E-state index contributed by atoms with van der Waals surface area (Å²) in [6.07, 6.45) is 2.85. The van der Waals surface area contributed by atoms with E-state index in [4.69, 9.17) is 9.84 Å². The van der Waals surface area contributed by atoms with E-state index < -0.39 is 18.0 Å². The number of rotatable bonds is 8. The average molecular weight is 312 g/mol. The number of carboxylic acid groups (broad SMARTS) is 1. The van der Waals surface area contributed by atoms with Crippen LogP contribution in [0.3, 0.4) is 0 Å².